The molecule has 0 spiro atoms. The zero-order valence-electron chi connectivity index (χ0n) is 10.9. The summed E-state index contributed by atoms with van der Waals surface area (Å²) in [6.07, 6.45) is 4.89. The van der Waals surface area contributed by atoms with Crippen LogP contribution in [0.2, 0.25) is 0 Å². The van der Waals surface area contributed by atoms with Gasteiger partial charge in [0, 0.05) is 5.56 Å². The Balaban J connectivity index is 2.42. The van der Waals surface area contributed by atoms with Crippen molar-refractivity contribution in [3.8, 4) is 11.3 Å². The highest BCUT2D eigenvalue weighted by atomic mass is 32.1. The Morgan fingerprint density at radius 3 is 2.50 bits per heavy atom. The first-order chi connectivity index (χ1) is 8.76. The van der Waals surface area contributed by atoms with Crippen LogP contribution in [0.15, 0.2) is 30.6 Å². The first-order valence-electron chi connectivity index (χ1n) is 6.42. The van der Waals surface area contributed by atoms with Crippen molar-refractivity contribution in [1.82, 2.24) is 9.97 Å². The van der Waals surface area contributed by atoms with E-state index in [1.165, 1.54) is 17.5 Å². The third-order valence-corrected chi connectivity index (χ3v) is 3.44. The van der Waals surface area contributed by atoms with Gasteiger partial charge in [0.15, 0.2) is 0 Å². The van der Waals surface area contributed by atoms with Crippen LogP contribution in [0.5, 0.6) is 0 Å². The van der Waals surface area contributed by atoms with Crippen molar-refractivity contribution >= 4 is 12.2 Å². The van der Waals surface area contributed by atoms with Crippen molar-refractivity contribution in [1.29, 1.82) is 0 Å². The summed E-state index contributed by atoms with van der Waals surface area (Å²) < 4.78 is 0.698. The predicted octanol–water partition coefficient (Wildman–Crippen LogP) is 4.32. The van der Waals surface area contributed by atoms with Gasteiger partial charge >= 0.3 is 0 Å². The van der Waals surface area contributed by atoms with Gasteiger partial charge in [0.1, 0.15) is 4.64 Å². The molecule has 0 bridgehead atoms. The summed E-state index contributed by atoms with van der Waals surface area (Å²) in [5.41, 5.74) is 4.78. The second-order valence-electron chi connectivity index (χ2n) is 4.36. The summed E-state index contributed by atoms with van der Waals surface area (Å²) in [5, 5.41) is 0. The number of aromatic nitrogens is 2. The lowest BCUT2D eigenvalue weighted by Crippen LogP contribution is -1.95. The van der Waals surface area contributed by atoms with Crippen LogP contribution < -0.4 is 0 Å². The summed E-state index contributed by atoms with van der Waals surface area (Å²) in [6, 6.07) is 8.70. The molecule has 1 aromatic carbocycles. The first kappa shape index (κ1) is 13.0. The van der Waals surface area contributed by atoms with Gasteiger partial charge in [-0.3, -0.25) is 0 Å². The zero-order chi connectivity index (χ0) is 13.0. The number of nitrogens with zero attached hydrogens (tertiary/aromatic N) is 1. The molecule has 2 aromatic rings. The lowest BCUT2D eigenvalue weighted by molar-refractivity contribution is 0.922. The van der Waals surface area contributed by atoms with Crippen LogP contribution in [-0.4, -0.2) is 9.97 Å². The predicted molar refractivity (Wildman–Crippen MR) is 78.2 cm³/mol. The first-order valence-corrected chi connectivity index (χ1v) is 6.83. The highest BCUT2D eigenvalue weighted by molar-refractivity contribution is 7.71. The number of benzene rings is 1. The SMILES string of the molecule is CCCc1ccc(-c2[nH]cnc(=S)c2CC)cc1. The maximum Gasteiger partial charge on any atom is 0.133 e. The number of hydrogen-bond donors (Lipinski definition) is 1. The van der Waals surface area contributed by atoms with Crippen molar-refractivity contribution < 1.29 is 0 Å². The van der Waals surface area contributed by atoms with Crippen LogP contribution in [0.25, 0.3) is 11.3 Å². The van der Waals surface area contributed by atoms with E-state index >= 15 is 0 Å². The summed E-state index contributed by atoms with van der Waals surface area (Å²) in [5.74, 6) is 0. The number of H-pyrrole nitrogens is 1. The Bertz CT molecular complexity index is 570. The summed E-state index contributed by atoms with van der Waals surface area (Å²) >= 11 is 5.27. The van der Waals surface area contributed by atoms with Gasteiger partial charge in [-0.2, -0.15) is 0 Å². The average Bonchev–Trinajstić information content (AvgIpc) is 2.40. The smallest absolute Gasteiger partial charge is 0.133 e. The van der Waals surface area contributed by atoms with E-state index in [0.29, 0.717) is 4.64 Å². The van der Waals surface area contributed by atoms with E-state index in [2.05, 4.69) is 48.1 Å². The normalized spacial score (nSPS) is 10.6. The third-order valence-electron chi connectivity index (χ3n) is 3.09. The Hall–Kier alpha value is -1.48. The van der Waals surface area contributed by atoms with E-state index in [1.54, 1.807) is 6.33 Å². The summed E-state index contributed by atoms with van der Waals surface area (Å²) in [6.45, 7) is 4.30. The molecule has 1 N–H and O–H groups in total. The van der Waals surface area contributed by atoms with Crippen LogP contribution in [0.4, 0.5) is 0 Å². The van der Waals surface area contributed by atoms with Crippen LogP contribution in [0.3, 0.4) is 0 Å². The second kappa shape index (κ2) is 5.91. The molecular weight excluding hydrogens is 240 g/mol. The van der Waals surface area contributed by atoms with E-state index in [9.17, 15) is 0 Å². The minimum Gasteiger partial charge on any atom is -0.346 e. The molecule has 2 nitrogen and oxygen atoms in total. The second-order valence-corrected chi connectivity index (χ2v) is 4.75. The van der Waals surface area contributed by atoms with Gasteiger partial charge in [-0.1, -0.05) is 56.8 Å². The Labute approximate surface area is 113 Å². The maximum absolute atomic E-state index is 5.27. The number of rotatable bonds is 4. The molecule has 2 rings (SSSR count). The largest absolute Gasteiger partial charge is 0.346 e. The fraction of sp³-hybridized carbons (Fsp3) is 0.333. The molecule has 0 saturated heterocycles. The van der Waals surface area contributed by atoms with Crippen LogP contribution in [-0.2, 0) is 12.8 Å². The molecule has 94 valence electrons. The molecule has 0 radical (unpaired) electrons. The standard InChI is InChI=1S/C15H18N2S/c1-3-5-11-6-8-12(9-7-11)14-13(4-2)15(18)17-10-16-14/h6-10H,3-5H2,1-2H3,(H,16,17,18). The highest BCUT2D eigenvalue weighted by Crippen LogP contribution is 2.22. The molecule has 3 heteroatoms. The highest BCUT2D eigenvalue weighted by Gasteiger charge is 2.06. The maximum atomic E-state index is 5.27. The van der Waals surface area contributed by atoms with E-state index in [-0.39, 0.29) is 0 Å². The molecule has 0 unspecified atom stereocenters. The van der Waals surface area contributed by atoms with Crippen LogP contribution in [0.1, 0.15) is 31.4 Å². The minimum absolute atomic E-state index is 0.698. The molecule has 18 heavy (non-hydrogen) atoms. The zero-order valence-corrected chi connectivity index (χ0v) is 11.7. The van der Waals surface area contributed by atoms with Crippen molar-refractivity contribution in [3.63, 3.8) is 0 Å². The van der Waals surface area contributed by atoms with Crippen molar-refractivity contribution in [2.75, 3.05) is 0 Å². The molecule has 0 fully saturated rings. The van der Waals surface area contributed by atoms with Crippen LogP contribution in [0, 0.1) is 4.64 Å². The Morgan fingerprint density at radius 2 is 1.89 bits per heavy atom. The lowest BCUT2D eigenvalue weighted by atomic mass is 10.0. The average molecular weight is 258 g/mol. The minimum atomic E-state index is 0.698. The van der Waals surface area contributed by atoms with Crippen molar-refractivity contribution in [2.45, 2.75) is 33.1 Å². The van der Waals surface area contributed by atoms with E-state index in [0.717, 1.165) is 24.1 Å². The van der Waals surface area contributed by atoms with Crippen molar-refractivity contribution in [3.05, 3.63) is 46.4 Å². The number of aromatic amines is 1. The molecular formula is C15H18N2S. The van der Waals surface area contributed by atoms with Gasteiger partial charge in [0.2, 0.25) is 0 Å². The molecule has 1 aromatic heterocycles. The number of hydrogen-bond acceptors (Lipinski definition) is 2. The van der Waals surface area contributed by atoms with Crippen LogP contribution >= 0.6 is 12.2 Å². The monoisotopic (exact) mass is 258 g/mol. The van der Waals surface area contributed by atoms with Gasteiger partial charge in [-0.05, 0) is 24.0 Å². The van der Waals surface area contributed by atoms with Gasteiger partial charge < -0.3 is 4.98 Å². The van der Waals surface area contributed by atoms with Crippen molar-refractivity contribution in [2.24, 2.45) is 0 Å². The topological polar surface area (TPSA) is 28.7 Å². The fourth-order valence-electron chi connectivity index (χ4n) is 2.14. The molecule has 0 aliphatic heterocycles. The quantitative estimate of drug-likeness (QED) is 0.827. The lowest BCUT2D eigenvalue weighted by Gasteiger charge is -2.08. The number of aryl methyl sites for hydroxylation is 1. The molecule has 0 amide bonds. The fourth-order valence-corrected chi connectivity index (χ4v) is 2.44. The molecule has 0 atom stereocenters. The van der Waals surface area contributed by atoms with E-state index in [4.69, 9.17) is 12.2 Å². The van der Waals surface area contributed by atoms with Gasteiger partial charge in [0.05, 0.1) is 12.0 Å². The molecule has 0 aliphatic carbocycles. The molecule has 0 aliphatic rings. The van der Waals surface area contributed by atoms with E-state index in [1.807, 2.05) is 0 Å². The molecule has 0 saturated carbocycles. The van der Waals surface area contributed by atoms with E-state index < -0.39 is 0 Å². The van der Waals surface area contributed by atoms with Gasteiger partial charge in [0.25, 0.3) is 0 Å². The Kier molecular flexibility index (Phi) is 4.26. The van der Waals surface area contributed by atoms with Gasteiger partial charge in [-0.25, -0.2) is 4.98 Å². The molecule has 1 heterocycles. The summed E-state index contributed by atoms with van der Waals surface area (Å²) in [7, 11) is 0. The summed E-state index contributed by atoms with van der Waals surface area (Å²) in [4.78, 5) is 7.36. The van der Waals surface area contributed by atoms with Gasteiger partial charge in [-0.15, -0.1) is 0 Å². The Morgan fingerprint density at radius 1 is 1.17 bits per heavy atom. The number of nitrogens with one attached hydrogen (secondary N) is 1. The third kappa shape index (κ3) is 2.67.